The van der Waals surface area contributed by atoms with Crippen molar-refractivity contribution in [3.63, 3.8) is 0 Å². The summed E-state index contributed by atoms with van der Waals surface area (Å²) in [5.41, 5.74) is 2.78. The number of benzene rings is 1. The molecule has 2 aromatic rings. The van der Waals surface area contributed by atoms with Crippen molar-refractivity contribution in [3.05, 3.63) is 41.3 Å². The number of carbonyl (C=O) groups excluding carboxylic acids is 1. The number of nitrogens with zero attached hydrogens (tertiary/aromatic N) is 1. The highest BCUT2D eigenvalue weighted by atomic mass is 16.5. The highest BCUT2D eigenvalue weighted by Crippen LogP contribution is 2.22. The van der Waals surface area contributed by atoms with Gasteiger partial charge in [-0.1, -0.05) is 17.7 Å². The van der Waals surface area contributed by atoms with E-state index in [1.165, 1.54) is 5.56 Å². The zero-order valence-electron chi connectivity index (χ0n) is 13.3. The van der Waals surface area contributed by atoms with Crippen LogP contribution in [-0.2, 0) is 16.0 Å². The van der Waals surface area contributed by atoms with Gasteiger partial charge in [-0.05, 0) is 32.4 Å². The fraction of sp³-hybridized carbons (Fsp3) is 0.412. The Balaban J connectivity index is 1.98. The molecule has 0 saturated heterocycles. The minimum absolute atomic E-state index is 0.0528. The van der Waals surface area contributed by atoms with Crippen molar-refractivity contribution >= 4 is 5.91 Å². The van der Waals surface area contributed by atoms with Crippen LogP contribution in [0.5, 0.6) is 0 Å². The molecule has 5 nitrogen and oxygen atoms in total. The normalized spacial score (nSPS) is 10.7. The maximum atomic E-state index is 11.9. The van der Waals surface area contributed by atoms with Gasteiger partial charge < -0.3 is 14.5 Å². The molecule has 1 aromatic heterocycles. The number of carbonyl (C=O) groups is 1. The van der Waals surface area contributed by atoms with Gasteiger partial charge in [0.05, 0.1) is 12.1 Å². The summed E-state index contributed by atoms with van der Waals surface area (Å²) in [7, 11) is 1.65. The van der Waals surface area contributed by atoms with Gasteiger partial charge in [-0.2, -0.15) is 0 Å². The lowest BCUT2D eigenvalue weighted by atomic mass is 10.1. The second-order valence-corrected chi connectivity index (χ2v) is 5.26. The lowest BCUT2D eigenvalue weighted by Gasteiger charge is -2.03. The average molecular weight is 302 g/mol. The first kappa shape index (κ1) is 16.2. The summed E-state index contributed by atoms with van der Waals surface area (Å²) >= 11 is 0. The van der Waals surface area contributed by atoms with Crippen molar-refractivity contribution in [2.45, 2.75) is 26.7 Å². The highest BCUT2D eigenvalue weighted by Gasteiger charge is 2.14. The van der Waals surface area contributed by atoms with E-state index < -0.39 is 0 Å². The molecule has 0 bridgehead atoms. The molecule has 0 aliphatic rings. The van der Waals surface area contributed by atoms with Gasteiger partial charge in [-0.15, -0.1) is 0 Å². The molecule has 0 radical (unpaired) electrons. The van der Waals surface area contributed by atoms with Crippen LogP contribution in [0.4, 0.5) is 0 Å². The van der Waals surface area contributed by atoms with E-state index in [1.54, 1.807) is 7.11 Å². The van der Waals surface area contributed by atoms with Crippen molar-refractivity contribution in [2.75, 3.05) is 20.3 Å². The standard InChI is InChI=1S/C17H22N2O3/c1-12-5-7-14(8-6-12)17-19-15(13(2)22-17)11-16(20)18-9-4-10-21-3/h5-8H,4,9-11H2,1-3H3,(H,18,20). The summed E-state index contributed by atoms with van der Waals surface area (Å²) in [6.07, 6.45) is 1.03. The van der Waals surface area contributed by atoms with Crippen molar-refractivity contribution in [1.82, 2.24) is 10.3 Å². The third-order valence-electron chi connectivity index (χ3n) is 3.37. The molecular weight excluding hydrogens is 280 g/mol. The fourth-order valence-corrected chi connectivity index (χ4v) is 2.07. The Bertz CT molecular complexity index is 617. The van der Waals surface area contributed by atoms with Crippen LogP contribution in [0.1, 0.15) is 23.4 Å². The zero-order chi connectivity index (χ0) is 15.9. The van der Waals surface area contributed by atoms with E-state index in [0.29, 0.717) is 30.5 Å². The molecule has 0 spiro atoms. The topological polar surface area (TPSA) is 64.4 Å². The van der Waals surface area contributed by atoms with E-state index in [2.05, 4.69) is 10.3 Å². The maximum absolute atomic E-state index is 11.9. The predicted molar refractivity (Wildman–Crippen MR) is 84.6 cm³/mol. The summed E-state index contributed by atoms with van der Waals surface area (Å²) in [6, 6.07) is 7.96. The lowest BCUT2D eigenvalue weighted by molar-refractivity contribution is -0.120. The van der Waals surface area contributed by atoms with E-state index in [1.807, 2.05) is 38.1 Å². The average Bonchev–Trinajstić information content (AvgIpc) is 2.85. The number of hydrogen-bond donors (Lipinski definition) is 1. The van der Waals surface area contributed by atoms with Gasteiger partial charge >= 0.3 is 0 Å². The Hall–Kier alpha value is -2.14. The molecule has 0 unspecified atom stereocenters. The molecule has 0 fully saturated rings. The zero-order valence-corrected chi connectivity index (χ0v) is 13.3. The number of rotatable bonds is 7. The van der Waals surface area contributed by atoms with Crippen LogP contribution >= 0.6 is 0 Å². The molecule has 0 aliphatic heterocycles. The van der Waals surface area contributed by atoms with E-state index in [4.69, 9.17) is 9.15 Å². The first-order valence-corrected chi connectivity index (χ1v) is 7.39. The third-order valence-corrected chi connectivity index (χ3v) is 3.37. The van der Waals surface area contributed by atoms with Crippen LogP contribution in [0.2, 0.25) is 0 Å². The van der Waals surface area contributed by atoms with Crippen molar-refractivity contribution < 1.29 is 13.9 Å². The molecule has 118 valence electrons. The number of amides is 1. The van der Waals surface area contributed by atoms with Crippen molar-refractivity contribution in [1.29, 1.82) is 0 Å². The van der Waals surface area contributed by atoms with Gasteiger partial charge in [0.1, 0.15) is 5.76 Å². The van der Waals surface area contributed by atoms with E-state index in [9.17, 15) is 4.79 Å². The number of aryl methyl sites for hydroxylation is 2. The van der Waals surface area contributed by atoms with Gasteiger partial charge in [0.15, 0.2) is 0 Å². The molecule has 1 heterocycles. The SMILES string of the molecule is COCCCNC(=O)Cc1nc(-c2ccc(C)cc2)oc1C. The Kier molecular flexibility index (Phi) is 5.72. The van der Waals surface area contributed by atoms with E-state index in [0.717, 1.165) is 12.0 Å². The monoisotopic (exact) mass is 302 g/mol. The molecule has 2 rings (SSSR count). The Morgan fingerprint density at radius 2 is 2.00 bits per heavy atom. The van der Waals surface area contributed by atoms with Gasteiger partial charge in [-0.3, -0.25) is 4.79 Å². The quantitative estimate of drug-likeness (QED) is 0.799. The molecule has 1 N–H and O–H groups in total. The Morgan fingerprint density at radius 3 is 2.68 bits per heavy atom. The summed E-state index contributed by atoms with van der Waals surface area (Å²) in [5, 5.41) is 2.85. The number of oxazole rings is 1. The summed E-state index contributed by atoms with van der Waals surface area (Å²) < 4.78 is 10.6. The van der Waals surface area contributed by atoms with Gasteiger partial charge in [-0.25, -0.2) is 4.98 Å². The Morgan fingerprint density at radius 1 is 1.27 bits per heavy atom. The number of nitrogens with one attached hydrogen (secondary N) is 1. The second-order valence-electron chi connectivity index (χ2n) is 5.26. The molecule has 0 saturated carbocycles. The molecule has 5 heteroatoms. The van der Waals surface area contributed by atoms with Crippen LogP contribution in [0.3, 0.4) is 0 Å². The number of ether oxygens (including phenoxy) is 1. The Labute approximate surface area is 130 Å². The summed E-state index contributed by atoms with van der Waals surface area (Å²) in [4.78, 5) is 16.3. The van der Waals surface area contributed by atoms with Crippen LogP contribution in [0, 0.1) is 13.8 Å². The second kappa shape index (κ2) is 7.75. The first-order chi connectivity index (χ1) is 10.6. The van der Waals surface area contributed by atoms with Crippen LogP contribution in [0.15, 0.2) is 28.7 Å². The van der Waals surface area contributed by atoms with Gasteiger partial charge in [0, 0.05) is 25.8 Å². The van der Waals surface area contributed by atoms with Gasteiger partial charge in [0.2, 0.25) is 11.8 Å². The summed E-state index contributed by atoms with van der Waals surface area (Å²) in [6.45, 7) is 5.11. The fourth-order valence-electron chi connectivity index (χ4n) is 2.07. The van der Waals surface area contributed by atoms with Crippen molar-refractivity contribution in [3.8, 4) is 11.5 Å². The third kappa shape index (κ3) is 4.43. The van der Waals surface area contributed by atoms with Gasteiger partial charge in [0.25, 0.3) is 0 Å². The first-order valence-electron chi connectivity index (χ1n) is 7.39. The minimum Gasteiger partial charge on any atom is -0.441 e. The summed E-state index contributed by atoms with van der Waals surface area (Å²) in [5.74, 6) is 1.19. The minimum atomic E-state index is -0.0528. The largest absolute Gasteiger partial charge is 0.441 e. The number of methoxy groups -OCH3 is 1. The highest BCUT2D eigenvalue weighted by molar-refractivity contribution is 5.78. The number of aromatic nitrogens is 1. The molecule has 1 aromatic carbocycles. The molecule has 1 amide bonds. The van der Waals surface area contributed by atoms with Crippen molar-refractivity contribution in [2.24, 2.45) is 0 Å². The predicted octanol–water partition coefficient (Wildman–Crippen LogP) is 2.65. The molecule has 22 heavy (non-hydrogen) atoms. The lowest BCUT2D eigenvalue weighted by Crippen LogP contribution is -2.27. The smallest absolute Gasteiger partial charge is 0.226 e. The molecular formula is C17H22N2O3. The van der Waals surface area contributed by atoms with E-state index >= 15 is 0 Å². The van der Waals surface area contributed by atoms with E-state index in [-0.39, 0.29) is 12.3 Å². The van der Waals surface area contributed by atoms with Crippen LogP contribution in [0.25, 0.3) is 11.5 Å². The molecule has 0 aliphatic carbocycles. The van der Waals surface area contributed by atoms with Crippen LogP contribution < -0.4 is 5.32 Å². The molecule has 0 atom stereocenters. The number of hydrogen-bond acceptors (Lipinski definition) is 4. The van der Waals surface area contributed by atoms with Crippen LogP contribution in [-0.4, -0.2) is 31.2 Å². The maximum Gasteiger partial charge on any atom is 0.226 e.